The number of amides is 3. The highest BCUT2D eigenvalue weighted by atomic mass is 79.9. The first-order valence-electron chi connectivity index (χ1n) is 13.5. The number of carbonyl (C=O) groups excluding carboxylic acids is 3. The second kappa shape index (κ2) is 13.3. The number of rotatable bonds is 9. The van der Waals surface area contributed by atoms with Crippen LogP contribution in [-0.2, 0) is 29.0 Å². The largest absolute Gasteiger partial charge is 0.444 e. The lowest BCUT2D eigenvalue weighted by molar-refractivity contribution is -0.117. The smallest absolute Gasteiger partial charge is 0.411 e. The second-order valence-electron chi connectivity index (χ2n) is 9.76. The number of para-hydroxylation sites is 2. The minimum atomic E-state index is -0.644. The maximum absolute atomic E-state index is 13.8. The summed E-state index contributed by atoms with van der Waals surface area (Å²) in [6.45, 7) is 0.119. The van der Waals surface area contributed by atoms with Crippen LogP contribution in [0.4, 0.5) is 27.5 Å². The van der Waals surface area contributed by atoms with E-state index < -0.39 is 6.09 Å². The number of nitrogens with one attached hydrogen (secondary N) is 2. The Bertz CT molecular complexity index is 1540. The number of fused-ring (bicyclic) bond motifs is 2. The molecule has 0 bridgehead atoms. The van der Waals surface area contributed by atoms with Crippen LogP contribution < -0.4 is 15.5 Å². The molecular formula is C33H30BrN3O4. The highest BCUT2D eigenvalue weighted by Gasteiger charge is 2.29. The van der Waals surface area contributed by atoms with Gasteiger partial charge in [-0.15, -0.1) is 0 Å². The van der Waals surface area contributed by atoms with Gasteiger partial charge in [-0.25, -0.2) is 4.79 Å². The third-order valence-electron chi connectivity index (χ3n) is 6.81. The van der Waals surface area contributed by atoms with E-state index in [1.54, 1.807) is 29.2 Å². The van der Waals surface area contributed by atoms with Gasteiger partial charge in [0.05, 0.1) is 29.0 Å². The summed E-state index contributed by atoms with van der Waals surface area (Å²) in [6, 6.07) is 29.6. The first kappa shape index (κ1) is 28.1. The highest BCUT2D eigenvalue weighted by molar-refractivity contribution is 9.09. The summed E-state index contributed by atoms with van der Waals surface area (Å²) in [5, 5.41) is 6.58. The molecule has 0 spiro atoms. The minimum Gasteiger partial charge on any atom is -0.444 e. The molecule has 1 aliphatic rings. The average molecular weight is 613 g/mol. The van der Waals surface area contributed by atoms with Gasteiger partial charge in [-0.05, 0) is 66.3 Å². The molecule has 2 N–H and O–H groups in total. The van der Waals surface area contributed by atoms with Crippen molar-refractivity contribution in [2.75, 3.05) is 20.9 Å². The number of nitrogens with zero attached hydrogens (tertiary/aromatic N) is 1. The Morgan fingerprint density at radius 3 is 2.32 bits per heavy atom. The van der Waals surface area contributed by atoms with Crippen molar-refractivity contribution in [1.82, 2.24) is 0 Å². The molecule has 7 nitrogen and oxygen atoms in total. The lowest BCUT2D eigenvalue weighted by Crippen LogP contribution is -2.28. The number of benzene rings is 4. The Hall–Kier alpha value is -4.43. The van der Waals surface area contributed by atoms with Gasteiger partial charge in [0, 0.05) is 11.0 Å². The SMILES string of the molecule is O=C(Nc1ccc2c(c1)C(=O)Nc1ccccc1N2C(=O)Cc1ccc(CCCCBr)cc1)OCc1ccccc1. The molecule has 8 heteroatoms. The number of carbonyl (C=O) groups is 3. The lowest BCUT2D eigenvalue weighted by Gasteiger charge is -2.24. The van der Waals surface area contributed by atoms with E-state index >= 15 is 0 Å². The molecule has 0 saturated heterocycles. The van der Waals surface area contributed by atoms with E-state index in [1.807, 2.05) is 60.7 Å². The van der Waals surface area contributed by atoms with Gasteiger partial charge in [-0.2, -0.15) is 0 Å². The predicted molar refractivity (Wildman–Crippen MR) is 165 cm³/mol. The zero-order chi connectivity index (χ0) is 28.6. The van der Waals surface area contributed by atoms with Crippen LogP contribution in [0, 0.1) is 0 Å². The quantitative estimate of drug-likeness (QED) is 0.150. The number of hydrogen-bond acceptors (Lipinski definition) is 4. The van der Waals surface area contributed by atoms with E-state index in [-0.39, 0.29) is 30.4 Å². The van der Waals surface area contributed by atoms with Gasteiger partial charge >= 0.3 is 6.09 Å². The zero-order valence-corrected chi connectivity index (χ0v) is 24.0. The Morgan fingerprint density at radius 1 is 0.805 bits per heavy atom. The maximum Gasteiger partial charge on any atom is 0.411 e. The number of alkyl halides is 1. The Kier molecular flexibility index (Phi) is 9.11. The number of unbranched alkanes of at least 4 members (excludes halogenated alkanes) is 1. The van der Waals surface area contributed by atoms with Crippen LogP contribution >= 0.6 is 15.9 Å². The summed E-state index contributed by atoms with van der Waals surface area (Å²) >= 11 is 3.47. The molecule has 41 heavy (non-hydrogen) atoms. The molecule has 1 heterocycles. The fourth-order valence-electron chi connectivity index (χ4n) is 4.73. The van der Waals surface area contributed by atoms with Crippen molar-refractivity contribution < 1.29 is 19.1 Å². The molecular weight excluding hydrogens is 582 g/mol. The first-order chi connectivity index (χ1) is 20.0. The summed E-state index contributed by atoms with van der Waals surface area (Å²) in [5.74, 6) is -0.554. The van der Waals surface area contributed by atoms with Gasteiger partial charge in [-0.3, -0.25) is 19.8 Å². The molecule has 4 aromatic rings. The molecule has 0 aromatic heterocycles. The maximum atomic E-state index is 13.8. The van der Waals surface area contributed by atoms with Crippen LogP contribution in [0.1, 0.15) is 39.9 Å². The fraction of sp³-hybridized carbons (Fsp3) is 0.182. The van der Waals surface area contributed by atoms with Gasteiger partial charge < -0.3 is 10.1 Å². The van der Waals surface area contributed by atoms with Crippen LogP contribution in [0.15, 0.2) is 97.1 Å². The van der Waals surface area contributed by atoms with E-state index in [0.717, 1.165) is 35.7 Å². The van der Waals surface area contributed by atoms with E-state index in [4.69, 9.17) is 4.74 Å². The van der Waals surface area contributed by atoms with Crippen LogP contribution in [0.2, 0.25) is 0 Å². The summed E-state index contributed by atoms with van der Waals surface area (Å²) < 4.78 is 5.32. The molecule has 0 saturated carbocycles. The van der Waals surface area contributed by atoms with Crippen LogP contribution in [0.3, 0.4) is 0 Å². The minimum absolute atomic E-state index is 0.119. The molecule has 0 atom stereocenters. The molecule has 0 radical (unpaired) electrons. The zero-order valence-electron chi connectivity index (χ0n) is 22.4. The lowest BCUT2D eigenvalue weighted by atomic mass is 10.0. The summed E-state index contributed by atoms with van der Waals surface area (Å²) in [4.78, 5) is 41.1. The van der Waals surface area contributed by atoms with E-state index in [2.05, 4.69) is 38.7 Å². The predicted octanol–water partition coefficient (Wildman–Crippen LogP) is 7.63. The van der Waals surface area contributed by atoms with Crippen molar-refractivity contribution in [2.24, 2.45) is 0 Å². The first-order valence-corrected chi connectivity index (χ1v) is 14.6. The Morgan fingerprint density at radius 2 is 1.54 bits per heavy atom. The van der Waals surface area contributed by atoms with Crippen molar-refractivity contribution in [3.8, 4) is 0 Å². The summed E-state index contributed by atoms with van der Waals surface area (Å²) in [5.41, 5.74) is 5.18. The molecule has 0 aliphatic carbocycles. The van der Waals surface area contributed by atoms with Crippen LogP contribution in [0.25, 0.3) is 0 Å². The van der Waals surface area contributed by atoms with Gasteiger partial charge in [0.25, 0.3) is 5.91 Å². The summed E-state index contributed by atoms with van der Waals surface area (Å²) in [7, 11) is 0. The Labute approximate surface area is 247 Å². The molecule has 1 aliphatic heterocycles. The third-order valence-corrected chi connectivity index (χ3v) is 7.37. The van der Waals surface area contributed by atoms with Crippen molar-refractivity contribution in [3.63, 3.8) is 0 Å². The van der Waals surface area contributed by atoms with Crippen LogP contribution in [0.5, 0.6) is 0 Å². The van der Waals surface area contributed by atoms with Crippen molar-refractivity contribution in [2.45, 2.75) is 32.3 Å². The molecule has 5 rings (SSSR count). The number of hydrogen-bond donors (Lipinski definition) is 2. The molecule has 0 fully saturated rings. The standard InChI is InChI=1S/C33H30BrN3O4/c34-19-7-6-8-23-13-15-24(16-14-23)20-31(38)37-29-18-17-26(35-33(40)41-22-25-9-2-1-3-10-25)21-27(29)32(39)36-28-11-4-5-12-30(28)37/h1-5,9-18,21H,6-8,19-20,22H2,(H,35,40)(H,36,39). The molecule has 208 valence electrons. The highest BCUT2D eigenvalue weighted by Crippen LogP contribution is 2.39. The van der Waals surface area contributed by atoms with E-state index in [0.29, 0.717) is 22.7 Å². The van der Waals surface area contributed by atoms with Gasteiger partial charge in [0.15, 0.2) is 0 Å². The normalized spacial score (nSPS) is 12.0. The topological polar surface area (TPSA) is 87.7 Å². The van der Waals surface area contributed by atoms with Gasteiger partial charge in [0.2, 0.25) is 5.91 Å². The second-order valence-corrected chi connectivity index (χ2v) is 10.6. The monoisotopic (exact) mass is 611 g/mol. The van der Waals surface area contributed by atoms with Crippen LogP contribution in [-0.4, -0.2) is 23.2 Å². The summed E-state index contributed by atoms with van der Waals surface area (Å²) in [6.07, 6.45) is 2.74. The van der Waals surface area contributed by atoms with Crippen molar-refractivity contribution in [3.05, 3.63) is 119 Å². The molecule has 0 unspecified atom stereocenters. The average Bonchev–Trinajstić information content (AvgIpc) is 3.11. The van der Waals surface area contributed by atoms with Gasteiger partial charge in [-0.1, -0.05) is 82.7 Å². The number of aryl methyl sites for hydroxylation is 1. The third kappa shape index (κ3) is 7.02. The van der Waals surface area contributed by atoms with Crippen molar-refractivity contribution >= 4 is 56.6 Å². The Balaban J connectivity index is 1.37. The van der Waals surface area contributed by atoms with E-state index in [9.17, 15) is 14.4 Å². The van der Waals surface area contributed by atoms with Gasteiger partial charge in [0.1, 0.15) is 6.61 Å². The van der Waals surface area contributed by atoms with Crippen molar-refractivity contribution in [1.29, 1.82) is 0 Å². The van der Waals surface area contributed by atoms with E-state index in [1.165, 1.54) is 5.56 Å². The number of anilines is 4. The number of halogens is 1. The number of ether oxygens (including phenoxy) is 1. The molecule has 3 amide bonds. The molecule has 4 aromatic carbocycles. The fourth-order valence-corrected chi connectivity index (χ4v) is 5.13.